The third kappa shape index (κ3) is 2.34. The summed E-state index contributed by atoms with van der Waals surface area (Å²) >= 11 is 0. The van der Waals surface area contributed by atoms with Crippen LogP contribution in [0.2, 0.25) is 0 Å². The molecule has 0 bridgehead atoms. The summed E-state index contributed by atoms with van der Waals surface area (Å²) in [5.41, 5.74) is 4.36. The summed E-state index contributed by atoms with van der Waals surface area (Å²) < 4.78 is 0. The first-order valence-electron chi connectivity index (χ1n) is 6.18. The summed E-state index contributed by atoms with van der Waals surface area (Å²) in [7, 11) is 0. The molecule has 1 aliphatic rings. The Morgan fingerprint density at radius 2 is 2.27 bits per heavy atom. The zero-order chi connectivity index (χ0) is 10.7. The van der Waals surface area contributed by atoms with Gasteiger partial charge in [-0.25, -0.2) is 0 Å². The van der Waals surface area contributed by atoms with Crippen molar-refractivity contribution in [3.63, 3.8) is 0 Å². The van der Waals surface area contributed by atoms with Gasteiger partial charge in [0.05, 0.1) is 0 Å². The van der Waals surface area contributed by atoms with Gasteiger partial charge in [-0.05, 0) is 42.4 Å². The van der Waals surface area contributed by atoms with Crippen LogP contribution in [0.3, 0.4) is 0 Å². The van der Waals surface area contributed by atoms with Crippen LogP contribution in [0.5, 0.6) is 0 Å². The number of hydrogen-bond donors (Lipinski definition) is 1. The normalized spacial score (nSPS) is 16.7. The van der Waals surface area contributed by atoms with E-state index < -0.39 is 0 Å². The summed E-state index contributed by atoms with van der Waals surface area (Å²) in [6, 6.07) is 6.98. The van der Waals surface area contributed by atoms with E-state index >= 15 is 0 Å². The predicted molar refractivity (Wildman–Crippen MR) is 66.6 cm³/mol. The molecule has 0 fully saturated rings. The van der Waals surface area contributed by atoms with Gasteiger partial charge in [-0.15, -0.1) is 0 Å². The summed E-state index contributed by atoms with van der Waals surface area (Å²) in [5.74, 6) is 0.698. The van der Waals surface area contributed by atoms with E-state index in [0.29, 0.717) is 5.92 Å². The van der Waals surface area contributed by atoms with E-state index in [4.69, 9.17) is 0 Å². The summed E-state index contributed by atoms with van der Waals surface area (Å²) in [6.45, 7) is 5.72. The van der Waals surface area contributed by atoms with E-state index in [1.54, 1.807) is 0 Å². The molecule has 1 nitrogen and oxygen atoms in total. The fourth-order valence-electron chi connectivity index (χ4n) is 2.38. The topological polar surface area (TPSA) is 12.0 Å². The van der Waals surface area contributed by atoms with Gasteiger partial charge in [-0.2, -0.15) is 0 Å². The maximum atomic E-state index is 3.50. The van der Waals surface area contributed by atoms with Crippen molar-refractivity contribution in [3.8, 4) is 0 Å². The molecule has 1 unspecified atom stereocenters. The predicted octanol–water partition coefficient (Wildman–Crippen LogP) is 3.95. The Labute approximate surface area is 92.9 Å². The Morgan fingerprint density at radius 3 is 3.07 bits per heavy atom. The Hall–Kier alpha value is -0.980. The van der Waals surface area contributed by atoms with E-state index in [0.717, 1.165) is 6.54 Å². The van der Waals surface area contributed by atoms with Crippen LogP contribution in [0.4, 0.5) is 5.69 Å². The number of fused-ring (bicyclic) bond motifs is 1. The molecule has 82 valence electrons. The number of aryl methyl sites for hydroxylation is 1. The fraction of sp³-hybridized carbons (Fsp3) is 0.571. The fourth-order valence-corrected chi connectivity index (χ4v) is 2.38. The van der Waals surface area contributed by atoms with Gasteiger partial charge < -0.3 is 5.32 Å². The highest BCUT2D eigenvalue weighted by Gasteiger charge is 2.11. The average Bonchev–Trinajstić information content (AvgIpc) is 2.29. The first-order valence-corrected chi connectivity index (χ1v) is 6.18. The van der Waals surface area contributed by atoms with Gasteiger partial charge in [0.25, 0.3) is 0 Å². The van der Waals surface area contributed by atoms with Gasteiger partial charge in [-0.1, -0.05) is 32.4 Å². The van der Waals surface area contributed by atoms with E-state index in [9.17, 15) is 0 Å². The van der Waals surface area contributed by atoms with Crippen LogP contribution in [0.1, 0.15) is 50.2 Å². The van der Waals surface area contributed by atoms with E-state index in [1.807, 2.05) is 0 Å². The summed E-state index contributed by atoms with van der Waals surface area (Å²) in [5, 5.41) is 3.50. The minimum Gasteiger partial charge on any atom is -0.385 e. The van der Waals surface area contributed by atoms with Crippen molar-refractivity contribution in [3.05, 3.63) is 29.3 Å². The summed E-state index contributed by atoms with van der Waals surface area (Å²) in [6.07, 6.45) is 5.08. The van der Waals surface area contributed by atoms with Crippen molar-refractivity contribution >= 4 is 5.69 Å². The molecule has 1 aromatic rings. The second-order valence-corrected chi connectivity index (χ2v) is 4.64. The van der Waals surface area contributed by atoms with Crippen molar-refractivity contribution < 1.29 is 0 Å². The maximum absolute atomic E-state index is 3.50. The second-order valence-electron chi connectivity index (χ2n) is 4.64. The van der Waals surface area contributed by atoms with Crippen LogP contribution in [0.15, 0.2) is 18.2 Å². The number of benzene rings is 1. The zero-order valence-corrected chi connectivity index (χ0v) is 9.84. The number of rotatable bonds is 3. The first-order chi connectivity index (χ1) is 7.31. The Kier molecular flexibility index (Phi) is 3.30. The second kappa shape index (κ2) is 4.69. The minimum absolute atomic E-state index is 0.698. The molecule has 0 saturated heterocycles. The molecular formula is C14H21N. The van der Waals surface area contributed by atoms with Crippen molar-refractivity contribution in [1.82, 2.24) is 0 Å². The van der Waals surface area contributed by atoms with Crippen LogP contribution >= 0.6 is 0 Å². The van der Waals surface area contributed by atoms with Gasteiger partial charge in [-0.3, -0.25) is 0 Å². The van der Waals surface area contributed by atoms with E-state index in [1.165, 1.54) is 42.5 Å². The van der Waals surface area contributed by atoms with Gasteiger partial charge >= 0.3 is 0 Å². The van der Waals surface area contributed by atoms with Crippen LogP contribution in [0, 0.1) is 0 Å². The molecule has 0 spiro atoms. The highest BCUT2D eigenvalue weighted by atomic mass is 14.9. The molecule has 1 N–H and O–H groups in total. The van der Waals surface area contributed by atoms with Crippen LogP contribution in [0.25, 0.3) is 0 Å². The monoisotopic (exact) mass is 203 g/mol. The molecule has 0 aliphatic carbocycles. The quantitative estimate of drug-likeness (QED) is 0.784. The molecule has 0 aromatic heterocycles. The van der Waals surface area contributed by atoms with Crippen molar-refractivity contribution in [2.75, 3.05) is 11.9 Å². The third-order valence-electron chi connectivity index (χ3n) is 3.36. The summed E-state index contributed by atoms with van der Waals surface area (Å²) in [4.78, 5) is 0. The molecule has 1 aromatic carbocycles. The number of anilines is 1. The smallest absolute Gasteiger partial charge is 0.0375 e. The van der Waals surface area contributed by atoms with E-state index in [2.05, 4.69) is 37.4 Å². The van der Waals surface area contributed by atoms with Gasteiger partial charge in [0.2, 0.25) is 0 Å². The van der Waals surface area contributed by atoms with Crippen molar-refractivity contribution in [1.29, 1.82) is 0 Å². The van der Waals surface area contributed by atoms with Gasteiger partial charge in [0.1, 0.15) is 0 Å². The lowest BCUT2D eigenvalue weighted by Crippen LogP contribution is -2.12. The lowest BCUT2D eigenvalue weighted by atomic mass is 9.93. The highest BCUT2D eigenvalue weighted by Crippen LogP contribution is 2.28. The lowest BCUT2D eigenvalue weighted by molar-refractivity contribution is 0.664. The minimum atomic E-state index is 0.698. The first kappa shape index (κ1) is 10.5. The van der Waals surface area contributed by atoms with Gasteiger partial charge in [0.15, 0.2) is 0 Å². The highest BCUT2D eigenvalue weighted by molar-refractivity contribution is 5.55. The Morgan fingerprint density at radius 1 is 1.40 bits per heavy atom. The molecule has 0 saturated carbocycles. The molecule has 15 heavy (non-hydrogen) atoms. The van der Waals surface area contributed by atoms with Gasteiger partial charge in [0, 0.05) is 12.2 Å². The third-order valence-corrected chi connectivity index (χ3v) is 3.36. The maximum Gasteiger partial charge on any atom is 0.0375 e. The number of nitrogens with one attached hydrogen (secondary N) is 1. The molecule has 1 atom stereocenters. The Balaban J connectivity index is 2.20. The van der Waals surface area contributed by atoms with E-state index in [-0.39, 0.29) is 0 Å². The van der Waals surface area contributed by atoms with Crippen LogP contribution in [-0.4, -0.2) is 6.54 Å². The lowest BCUT2D eigenvalue weighted by Gasteiger charge is -2.20. The molecular weight excluding hydrogens is 182 g/mol. The SMILES string of the molecule is CCCC(C)c1ccc2c(c1)NCCC2. The standard InChI is InChI=1S/C14H21N/c1-3-5-11(2)13-8-7-12-6-4-9-15-14(12)10-13/h7-8,10-11,15H,3-6,9H2,1-2H3. The number of hydrogen-bond acceptors (Lipinski definition) is 1. The van der Waals surface area contributed by atoms with Crippen molar-refractivity contribution in [2.45, 2.75) is 45.4 Å². The molecule has 1 aliphatic heterocycles. The van der Waals surface area contributed by atoms with Crippen LogP contribution in [-0.2, 0) is 6.42 Å². The zero-order valence-electron chi connectivity index (χ0n) is 9.84. The molecule has 0 amide bonds. The largest absolute Gasteiger partial charge is 0.385 e. The molecule has 1 heteroatoms. The molecule has 0 radical (unpaired) electrons. The van der Waals surface area contributed by atoms with Crippen molar-refractivity contribution in [2.24, 2.45) is 0 Å². The average molecular weight is 203 g/mol. The molecule has 1 heterocycles. The molecule has 2 rings (SSSR count). The van der Waals surface area contributed by atoms with Crippen LogP contribution < -0.4 is 5.32 Å². The Bertz CT molecular complexity index is 330.